The lowest BCUT2D eigenvalue weighted by Gasteiger charge is -2.19. The number of nitrogens with two attached hydrogens (primary N) is 1. The molecule has 0 aromatic heterocycles. The summed E-state index contributed by atoms with van der Waals surface area (Å²) in [6.45, 7) is 6.37. The SMILES string of the molecule is CN(C(N)=NCCNC(=O)OC(C)(C)C)C1CC1. The van der Waals surface area contributed by atoms with Crippen LogP contribution in [0, 0.1) is 0 Å². The minimum Gasteiger partial charge on any atom is -0.444 e. The summed E-state index contributed by atoms with van der Waals surface area (Å²) in [6.07, 6.45) is 1.94. The standard InChI is InChI=1S/C12H24N4O2/c1-12(2,3)18-11(17)15-8-7-14-10(13)16(4)9-5-6-9/h9H,5-8H2,1-4H3,(H2,13,14)(H,15,17). The number of aliphatic imine (C=N–C) groups is 1. The Hall–Kier alpha value is -1.46. The van der Waals surface area contributed by atoms with Crippen molar-refractivity contribution in [2.45, 2.75) is 45.3 Å². The summed E-state index contributed by atoms with van der Waals surface area (Å²) in [5, 5.41) is 2.64. The number of guanidine groups is 1. The molecule has 1 saturated carbocycles. The van der Waals surface area contributed by atoms with E-state index < -0.39 is 11.7 Å². The van der Waals surface area contributed by atoms with Gasteiger partial charge in [0.2, 0.25) is 0 Å². The first-order valence-corrected chi connectivity index (χ1v) is 6.29. The Labute approximate surface area is 109 Å². The van der Waals surface area contributed by atoms with Crippen molar-refractivity contribution in [3.8, 4) is 0 Å². The molecule has 18 heavy (non-hydrogen) atoms. The van der Waals surface area contributed by atoms with E-state index in [4.69, 9.17) is 10.5 Å². The zero-order chi connectivity index (χ0) is 13.8. The summed E-state index contributed by atoms with van der Waals surface area (Å²) in [7, 11) is 1.94. The van der Waals surface area contributed by atoms with Gasteiger partial charge in [-0.25, -0.2) is 4.79 Å². The van der Waals surface area contributed by atoms with Gasteiger partial charge in [-0.3, -0.25) is 4.99 Å². The van der Waals surface area contributed by atoms with E-state index in [9.17, 15) is 4.79 Å². The van der Waals surface area contributed by atoms with Gasteiger partial charge in [-0.1, -0.05) is 0 Å². The van der Waals surface area contributed by atoms with Crippen LogP contribution >= 0.6 is 0 Å². The van der Waals surface area contributed by atoms with E-state index in [-0.39, 0.29) is 0 Å². The molecular weight excluding hydrogens is 232 g/mol. The van der Waals surface area contributed by atoms with Crippen molar-refractivity contribution < 1.29 is 9.53 Å². The largest absolute Gasteiger partial charge is 0.444 e. The summed E-state index contributed by atoms with van der Waals surface area (Å²) in [5.74, 6) is 0.531. The van der Waals surface area contributed by atoms with Crippen LogP contribution in [-0.2, 0) is 4.74 Å². The van der Waals surface area contributed by atoms with Gasteiger partial charge in [0.15, 0.2) is 5.96 Å². The fourth-order valence-corrected chi connectivity index (χ4v) is 1.40. The van der Waals surface area contributed by atoms with Crippen LogP contribution in [0.25, 0.3) is 0 Å². The number of carbonyl (C=O) groups excluding carboxylic acids is 1. The summed E-state index contributed by atoms with van der Waals surface area (Å²) >= 11 is 0. The van der Waals surface area contributed by atoms with Crippen molar-refractivity contribution in [2.75, 3.05) is 20.1 Å². The second-order valence-electron chi connectivity index (χ2n) is 5.51. The molecule has 1 aliphatic rings. The first kappa shape index (κ1) is 14.6. The first-order chi connectivity index (χ1) is 8.29. The van der Waals surface area contributed by atoms with Crippen LogP contribution < -0.4 is 11.1 Å². The van der Waals surface area contributed by atoms with Crippen molar-refractivity contribution in [1.82, 2.24) is 10.2 Å². The number of hydrogen-bond donors (Lipinski definition) is 2. The van der Waals surface area contributed by atoms with Crippen LogP contribution in [0.4, 0.5) is 4.79 Å². The number of nitrogens with zero attached hydrogens (tertiary/aromatic N) is 2. The van der Waals surface area contributed by atoms with Crippen LogP contribution in [0.1, 0.15) is 33.6 Å². The van der Waals surface area contributed by atoms with Crippen LogP contribution in [-0.4, -0.2) is 48.7 Å². The highest BCUT2D eigenvalue weighted by atomic mass is 16.6. The number of amides is 1. The average molecular weight is 256 g/mol. The molecule has 0 unspecified atom stereocenters. The van der Waals surface area contributed by atoms with Crippen LogP contribution in [0.5, 0.6) is 0 Å². The van der Waals surface area contributed by atoms with Gasteiger partial charge in [-0.15, -0.1) is 0 Å². The Morgan fingerprint density at radius 3 is 2.61 bits per heavy atom. The van der Waals surface area contributed by atoms with Crippen LogP contribution in [0.2, 0.25) is 0 Å². The van der Waals surface area contributed by atoms with E-state index in [1.165, 1.54) is 12.8 Å². The number of rotatable bonds is 4. The number of alkyl carbamates (subject to hydrolysis) is 1. The molecule has 0 saturated heterocycles. The number of carbonyl (C=O) groups is 1. The van der Waals surface area contributed by atoms with E-state index in [2.05, 4.69) is 10.3 Å². The molecule has 0 aliphatic heterocycles. The summed E-state index contributed by atoms with van der Waals surface area (Å²) in [6, 6.07) is 0.549. The molecule has 1 rings (SSSR count). The molecular formula is C12H24N4O2. The van der Waals surface area contributed by atoms with Gasteiger partial charge in [0.25, 0.3) is 0 Å². The highest BCUT2D eigenvalue weighted by Gasteiger charge is 2.27. The fraction of sp³-hybridized carbons (Fsp3) is 0.833. The molecule has 0 spiro atoms. The Balaban J connectivity index is 2.17. The van der Waals surface area contributed by atoms with E-state index in [1.807, 2.05) is 32.7 Å². The lowest BCUT2D eigenvalue weighted by atomic mass is 10.2. The summed E-state index contributed by atoms with van der Waals surface area (Å²) < 4.78 is 5.10. The Morgan fingerprint density at radius 1 is 1.50 bits per heavy atom. The zero-order valence-corrected chi connectivity index (χ0v) is 11.7. The highest BCUT2D eigenvalue weighted by molar-refractivity contribution is 5.78. The van der Waals surface area contributed by atoms with Gasteiger partial charge in [-0.2, -0.15) is 0 Å². The van der Waals surface area contributed by atoms with Crippen molar-refractivity contribution in [1.29, 1.82) is 0 Å². The van der Waals surface area contributed by atoms with Gasteiger partial charge in [-0.05, 0) is 33.6 Å². The zero-order valence-electron chi connectivity index (χ0n) is 11.7. The van der Waals surface area contributed by atoms with E-state index in [0.717, 1.165) is 0 Å². The second kappa shape index (κ2) is 5.93. The van der Waals surface area contributed by atoms with Gasteiger partial charge in [0.05, 0.1) is 6.54 Å². The molecule has 0 aromatic rings. The highest BCUT2D eigenvalue weighted by Crippen LogP contribution is 2.24. The molecule has 0 radical (unpaired) electrons. The average Bonchev–Trinajstić information content (AvgIpc) is 3.04. The third-order valence-electron chi connectivity index (χ3n) is 2.51. The minimum absolute atomic E-state index is 0.424. The summed E-state index contributed by atoms with van der Waals surface area (Å²) in [4.78, 5) is 17.5. The third-order valence-corrected chi connectivity index (χ3v) is 2.51. The van der Waals surface area contributed by atoms with E-state index >= 15 is 0 Å². The third kappa shape index (κ3) is 5.75. The molecule has 6 heteroatoms. The van der Waals surface area contributed by atoms with Crippen molar-refractivity contribution in [2.24, 2.45) is 10.7 Å². The maximum Gasteiger partial charge on any atom is 0.407 e. The number of nitrogens with one attached hydrogen (secondary N) is 1. The van der Waals surface area contributed by atoms with Crippen LogP contribution in [0.15, 0.2) is 4.99 Å². The maximum absolute atomic E-state index is 11.3. The van der Waals surface area contributed by atoms with Gasteiger partial charge in [0.1, 0.15) is 5.60 Å². The molecule has 6 nitrogen and oxygen atoms in total. The quantitative estimate of drug-likeness (QED) is 0.445. The topological polar surface area (TPSA) is 80.0 Å². The lowest BCUT2D eigenvalue weighted by Crippen LogP contribution is -2.37. The van der Waals surface area contributed by atoms with Crippen molar-refractivity contribution in [3.63, 3.8) is 0 Å². The van der Waals surface area contributed by atoms with Gasteiger partial charge >= 0.3 is 6.09 Å². The smallest absolute Gasteiger partial charge is 0.407 e. The molecule has 1 fully saturated rings. The normalized spacial score (nSPS) is 16.3. The molecule has 0 atom stereocenters. The Bertz CT molecular complexity index is 319. The predicted octanol–water partition coefficient (Wildman–Crippen LogP) is 0.920. The second-order valence-corrected chi connectivity index (χ2v) is 5.51. The van der Waals surface area contributed by atoms with Crippen molar-refractivity contribution in [3.05, 3.63) is 0 Å². The van der Waals surface area contributed by atoms with Crippen LogP contribution in [0.3, 0.4) is 0 Å². The van der Waals surface area contributed by atoms with E-state index in [1.54, 1.807) is 0 Å². The molecule has 1 aliphatic carbocycles. The monoisotopic (exact) mass is 256 g/mol. The summed E-state index contributed by atoms with van der Waals surface area (Å²) in [5.41, 5.74) is 5.34. The minimum atomic E-state index is -0.474. The first-order valence-electron chi connectivity index (χ1n) is 6.29. The lowest BCUT2D eigenvalue weighted by molar-refractivity contribution is 0.0529. The Morgan fingerprint density at radius 2 is 2.11 bits per heavy atom. The van der Waals surface area contributed by atoms with E-state index in [0.29, 0.717) is 25.1 Å². The number of ether oxygens (including phenoxy) is 1. The molecule has 1 amide bonds. The number of hydrogen-bond acceptors (Lipinski definition) is 3. The molecule has 0 heterocycles. The molecule has 3 N–H and O–H groups in total. The maximum atomic E-state index is 11.3. The van der Waals surface area contributed by atoms with Crippen molar-refractivity contribution >= 4 is 12.1 Å². The Kier molecular flexibility index (Phi) is 4.81. The predicted molar refractivity (Wildman–Crippen MR) is 71.5 cm³/mol. The fourth-order valence-electron chi connectivity index (χ4n) is 1.40. The van der Waals surface area contributed by atoms with Gasteiger partial charge in [0, 0.05) is 19.6 Å². The molecule has 0 aromatic carbocycles. The molecule has 104 valence electrons. The van der Waals surface area contributed by atoms with Gasteiger partial charge < -0.3 is 20.7 Å². The molecule has 0 bridgehead atoms.